The van der Waals surface area contributed by atoms with Gasteiger partial charge >= 0.3 is 11.1 Å². The van der Waals surface area contributed by atoms with Crippen LogP contribution in [0.5, 0.6) is 0 Å². The highest BCUT2D eigenvalue weighted by molar-refractivity contribution is 4.69. The molecular formula is C4H6N4O2. The molecule has 0 amide bonds. The molecule has 54 valence electrons. The van der Waals surface area contributed by atoms with E-state index in [1.807, 2.05) is 0 Å². The van der Waals surface area contributed by atoms with Crippen molar-refractivity contribution in [1.29, 1.82) is 0 Å². The van der Waals surface area contributed by atoms with Crippen LogP contribution in [0, 0.1) is 0 Å². The summed E-state index contributed by atoms with van der Waals surface area (Å²) < 4.78 is 1.78. The van der Waals surface area contributed by atoms with Crippen molar-refractivity contribution in [2.24, 2.45) is 14.1 Å². The fraction of sp³-hybridized carbons (Fsp3) is 0.500. The second kappa shape index (κ2) is 2.05. The van der Waals surface area contributed by atoms with Crippen LogP contribution in [0.2, 0.25) is 0 Å². The van der Waals surface area contributed by atoms with Gasteiger partial charge in [-0.1, -0.05) is 0 Å². The van der Waals surface area contributed by atoms with Gasteiger partial charge in [0.05, 0.1) is 0 Å². The fourth-order valence-electron chi connectivity index (χ4n) is 0.478. The smallest absolute Gasteiger partial charge is 0.261 e. The van der Waals surface area contributed by atoms with Gasteiger partial charge in [-0.3, -0.25) is 9.59 Å². The third-order valence-corrected chi connectivity index (χ3v) is 1.08. The zero-order valence-corrected chi connectivity index (χ0v) is 5.61. The molecule has 0 N–H and O–H groups in total. The standard InChI is InChI=1S/C4H6N4O2/c1-7-3(9)4(10)8(2)6-5-7/h1-2H3. The van der Waals surface area contributed by atoms with Gasteiger partial charge in [-0.25, -0.2) is 9.36 Å². The Kier molecular flexibility index (Phi) is 1.37. The molecule has 6 nitrogen and oxygen atoms in total. The van der Waals surface area contributed by atoms with Gasteiger partial charge in [0.1, 0.15) is 0 Å². The first-order valence-electron chi connectivity index (χ1n) is 2.60. The number of rotatable bonds is 0. The lowest BCUT2D eigenvalue weighted by Crippen LogP contribution is -2.42. The highest BCUT2D eigenvalue weighted by atomic mass is 16.2. The maximum atomic E-state index is 10.7. The Morgan fingerprint density at radius 1 is 1.00 bits per heavy atom. The zero-order chi connectivity index (χ0) is 7.72. The largest absolute Gasteiger partial charge is 0.335 e. The third kappa shape index (κ3) is 0.831. The van der Waals surface area contributed by atoms with Crippen LogP contribution in [0.4, 0.5) is 0 Å². The molecule has 0 aliphatic rings. The maximum Gasteiger partial charge on any atom is 0.335 e. The summed E-state index contributed by atoms with van der Waals surface area (Å²) in [4.78, 5) is 21.4. The molecule has 0 aliphatic carbocycles. The Balaban J connectivity index is 3.67. The Hall–Kier alpha value is -1.46. The molecule has 1 heterocycles. The Morgan fingerprint density at radius 2 is 1.30 bits per heavy atom. The topological polar surface area (TPSA) is 69.8 Å². The van der Waals surface area contributed by atoms with E-state index in [2.05, 4.69) is 10.4 Å². The summed E-state index contributed by atoms with van der Waals surface area (Å²) in [7, 11) is 2.74. The van der Waals surface area contributed by atoms with Crippen LogP contribution in [0.1, 0.15) is 0 Å². The van der Waals surface area contributed by atoms with Gasteiger partial charge in [-0.15, -0.1) is 0 Å². The molecular weight excluding hydrogens is 136 g/mol. The summed E-state index contributed by atoms with van der Waals surface area (Å²) in [5.74, 6) is 0. The van der Waals surface area contributed by atoms with E-state index in [0.717, 1.165) is 9.36 Å². The first-order chi connectivity index (χ1) is 4.63. The summed E-state index contributed by atoms with van der Waals surface area (Å²) in [6, 6.07) is 0. The van der Waals surface area contributed by atoms with E-state index in [0.29, 0.717) is 0 Å². The van der Waals surface area contributed by atoms with Crippen molar-refractivity contribution in [3.63, 3.8) is 0 Å². The number of nitrogens with zero attached hydrogens (tertiary/aromatic N) is 4. The second-order valence-electron chi connectivity index (χ2n) is 1.84. The number of hydrogen-bond acceptors (Lipinski definition) is 4. The molecule has 0 bridgehead atoms. The van der Waals surface area contributed by atoms with Crippen LogP contribution in [0.15, 0.2) is 9.59 Å². The number of aromatic nitrogens is 4. The van der Waals surface area contributed by atoms with Crippen molar-refractivity contribution >= 4 is 0 Å². The molecule has 1 aromatic heterocycles. The summed E-state index contributed by atoms with van der Waals surface area (Å²) in [5.41, 5.74) is -1.34. The van der Waals surface area contributed by atoms with Crippen LogP contribution in [0.3, 0.4) is 0 Å². The molecule has 0 spiro atoms. The van der Waals surface area contributed by atoms with E-state index >= 15 is 0 Å². The lowest BCUT2D eigenvalue weighted by molar-refractivity contribution is 0.508. The number of aryl methyl sites for hydroxylation is 2. The summed E-state index contributed by atoms with van der Waals surface area (Å²) >= 11 is 0. The molecule has 1 aromatic rings. The van der Waals surface area contributed by atoms with Crippen LogP contribution in [-0.2, 0) is 14.1 Å². The average Bonchev–Trinajstić information content (AvgIpc) is 1.93. The minimum Gasteiger partial charge on any atom is -0.261 e. The van der Waals surface area contributed by atoms with Crippen molar-refractivity contribution in [1.82, 2.24) is 19.8 Å². The minimum absolute atomic E-state index is 0.669. The van der Waals surface area contributed by atoms with Crippen LogP contribution in [0.25, 0.3) is 0 Å². The highest BCUT2D eigenvalue weighted by Gasteiger charge is 1.98. The fourth-order valence-corrected chi connectivity index (χ4v) is 0.478. The number of hydrogen-bond donors (Lipinski definition) is 0. The van der Waals surface area contributed by atoms with E-state index in [1.54, 1.807) is 0 Å². The molecule has 0 unspecified atom stereocenters. The lowest BCUT2D eigenvalue weighted by Gasteiger charge is -1.93. The highest BCUT2D eigenvalue weighted by Crippen LogP contribution is 1.52. The molecule has 0 saturated heterocycles. The van der Waals surface area contributed by atoms with Crippen molar-refractivity contribution < 1.29 is 0 Å². The molecule has 1 rings (SSSR count). The van der Waals surface area contributed by atoms with Gasteiger partial charge in [-0.05, 0) is 10.4 Å². The van der Waals surface area contributed by atoms with E-state index in [4.69, 9.17) is 0 Å². The first-order valence-corrected chi connectivity index (χ1v) is 2.60. The minimum atomic E-state index is -0.669. The van der Waals surface area contributed by atoms with Gasteiger partial charge in [0.15, 0.2) is 0 Å². The molecule has 0 fully saturated rings. The van der Waals surface area contributed by atoms with E-state index < -0.39 is 11.1 Å². The van der Waals surface area contributed by atoms with Crippen LogP contribution >= 0.6 is 0 Å². The van der Waals surface area contributed by atoms with Crippen LogP contribution < -0.4 is 11.1 Å². The molecule has 0 atom stereocenters. The molecule has 10 heavy (non-hydrogen) atoms. The van der Waals surface area contributed by atoms with Gasteiger partial charge in [0, 0.05) is 14.1 Å². The van der Waals surface area contributed by atoms with Gasteiger partial charge in [0.2, 0.25) is 0 Å². The van der Waals surface area contributed by atoms with E-state index in [1.165, 1.54) is 14.1 Å². The van der Waals surface area contributed by atoms with Crippen molar-refractivity contribution in [2.45, 2.75) is 0 Å². The van der Waals surface area contributed by atoms with Crippen molar-refractivity contribution in [3.8, 4) is 0 Å². The summed E-state index contributed by atoms with van der Waals surface area (Å²) in [5, 5.41) is 6.71. The molecule has 0 radical (unpaired) electrons. The predicted octanol–water partition coefficient (Wildman–Crippen LogP) is -2.13. The van der Waals surface area contributed by atoms with Gasteiger partial charge < -0.3 is 0 Å². The molecule has 0 aliphatic heterocycles. The van der Waals surface area contributed by atoms with E-state index in [-0.39, 0.29) is 0 Å². The quantitative estimate of drug-likeness (QED) is 0.388. The predicted molar refractivity (Wildman–Crippen MR) is 32.5 cm³/mol. The van der Waals surface area contributed by atoms with Crippen LogP contribution in [-0.4, -0.2) is 19.8 Å². The SMILES string of the molecule is Cn1nnn(C)c(=O)c1=O. The van der Waals surface area contributed by atoms with E-state index in [9.17, 15) is 9.59 Å². The first kappa shape index (κ1) is 6.66. The third-order valence-electron chi connectivity index (χ3n) is 1.08. The summed E-state index contributed by atoms with van der Waals surface area (Å²) in [6.45, 7) is 0. The zero-order valence-electron chi connectivity index (χ0n) is 5.61. The normalized spacial score (nSPS) is 9.80. The van der Waals surface area contributed by atoms with Crippen molar-refractivity contribution in [3.05, 3.63) is 20.7 Å². The Morgan fingerprint density at radius 3 is 1.60 bits per heavy atom. The average molecular weight is 142 g/mol. The molecule has 0 aromatic carbocycles. The van der Waals surface area contributed by atoms with Gasteiger partial charge in [-0.2, -0.15) is 0 Å². The molecule has 6 heteroatoms. The second-order valence-corrected chi connectivity index (χ2v) is 1.84. The van der Waals surface area contributed by atoms with Gasteiger partial charge in [0.25, 0.3) is 0 Å². The maximum absolute atomic E-state index is 10.7. The Labute approximate surface area is 55.7 Å². The summed E-state index contributed by atoms with van der Waals surface area (Å²) in [6.07, 6.45) is 0. The monoisotopic (exact) mass is 142 g/mol. The lowest BCUT2D eigenvalue weighted by atomic mass is 10.8. The molecule has 0 saturated carbocycles. The Bertz CT molecular complexity index is 314. The van der Waals surface area contributed by atoms with Crippen molar-refractivity contribution in [2.75, 3.05) is 0 Å².